The van der Waals surface area contributed by atoms with Gasteiger partial charge in [-0.3, -0.25) is 0 Å². The van der Waals surface area contributed by atoms with Gasteiger partial charge >= 0.3 is 0 Å². The van der Waals surface area contributed by atoms with Crippen LogP contribution in [0, 0.1) is 23.4 Å². The van der Waals surface area contributed by atoms with Gasteiger partial charge in [-0.05, 0) is 78.8 Å². The van der Waals surface area contributed by atoms with E-state index >= 15 is 8.78 Å². The van der Waals surface area contributed by atoms with E-state index in [1.54, 1.807) is 42.5 Å². The molecule has 0 unspecified atom stereocenters. The summed E-state index contributed by atoms with van der Waals surface area (Å²) in [6.45, 7) is 4.42. The first-order valence-corrected chi connectivity index (χ1v) is 12.7. The maximum atomic E-state index is 15.1. The molecule has 3 aromatic rings. The Morgan fingerprint density at radius 2 is 1.49 bits per heavy atom. The average molecular weight is 479 g/mol. The molecule has 0 atom stereocenters. The second-order valence-corrected chi connectivity index (χ2v) is 9.41. The molecule has 0 spiro atoms. The van der Waals surface area contributed by atoms with E-state index in [1.807, 2.05) is 25.1 Å². The third-order valence-corrected chi connectivity index (χ3v) is 7.04. The van der Waals surface area contributed by atoms with Gasteiger partial charge in [0.05, 0.1) is 6.61 Å². The second-order valence-electron chi connectivity index (χ2n) is 9.41. The van der Waals surface area contributed by atoms with E-state index in [1.165, 1.54) is 18.9 Å². The minimum Gasteiger partial charge on any atom is -0.491 e. The zero-order chi connectivity index (χ0) is 24.8. The molecule has 0 N–H and O–H groups in total. The Bertz CT molecular complexity index is 1160. The lowest BCUT2D eigenvalue weighted by Crippen LogP contribution is -2.14. The van der Waals surface area contributed by atoms with E-state index < -0.39 is 17.5 Å². The van der Waals surface area contributed by atoms with Gasteiger partial charge in [0.15, 0.2) is 23.2 Å². The Kier molecular flexibility index (Phi) is 8.33. The van der Waals surface area contributed by atoms with Gasteiger partial charge < -0.3 is 4.74 Å². The molecule has 0 saturated heterocycles. The van der Waals surface area contributed by atoms with Crippen molar-refractivity contribution >= 4 is 12.2 Å². The van der Waals surface area contributed by atoms with Gasteiger partial charge in [0.25, 0.3) is 0 Å². The van der Waals surface area contributed by atoms with Crippen LogP contribution in [0.15, 0.2) is 54.6 Å². The second kappa shape index (κ2) is 11.6. The van der Waals surface area contributed by atoms with E-state index in [-0.39, 0.29) is 17.2 Å². The maximum Gasteiger partial charge on any atom is 0.166 e. The van der Waals surface area contributed by atoms with Crippen molar-refractivity contribution in [1.82, 2.24) is 0 Å². The van der Waals surface area contributed by atoms with Crippen LogP contribution in [0.5, 0.6) is 5.75 Å². The van der Waals surface area contributed by atoms with Crippen LogP contribution in [0.1, 0.15) is 75.0 Å². The summed E-state index contributed by atoms with van der Waals surface area (Å²) in [7, 11) is 0. The van der Waals surface area contributed by atoms with E-state index in [0.29, 0.717) is 23.3 Å². The van der Waals surface area contributed by atoms with Crippen LogP contribution in [0.3, 0.4) is 0 Å². The number of halogens is 3. The molecular weight excluding hydrogens is 445 g/mol. The summed E-state index contributed by atoms with van der Waals surface area (Å²) in [5, 5.41) is 0. The van der Waals surface area contributed by atoms with Gasteiger partial charge in [-0.15, -0.1) is 0 Å². The van der Waals surface area contributed by atoms with Crippen LogP contribution in [-0.4, -0.2) is 6.61 Å². The smallest absolute Gasteiger partial charge is 0.166 e. The van der Waals surface area contributed by atoms with Gasteiger partial charge in [0, 0.05) is 5.56 Å². The standard InChI is InChI=1S/C31H33F3O/c1-3-5-21-8-13-24(14-9-21)26-17-18-27(31(34)30(26)33)25-15-10-22(11-16-25)6-7-23-12-19-29(35-4-2)28(32)20-23/h6-7,10-12,15-21,24H,3-5,8-9,13-14H2,1-2H3/b7-6+. The molecule has 1 saturated carbocycles. The lowest BCUT2D eigenvalue weighted by molar-refractivity contribution is 0.303. The third kappa shape index (κ3) is 5.98. The van der Waals surface area contributed by atoms with Gasteiger partial charge in [0.1, 0.15) is 0 Å². The third-order valence-electron chi connectivity index (χ3n) is 7.04. The van der Waals surface area contributed by atoms with Crippen molar-refractivity contribution in [2.24, 2.45) is 5.92 Å². The Labute approximate surface area is 206 Å². The molecule has 0 aliphatic heterocycles. The zero-order valence-corrected chi connectivity index (χ0v) is 20.5. The number of hydrogen-bond donors (Lipinski definition) is 0. The van der Waals surface area contributed by atoms with Gasteiger partial charge in [0.2, 0.25) is 0 Å². The Morgan fingerprint density at radius 1 is 0.800 bits per heavy atom. The van der Waals surface area contributed by atoms with E-state index in [9.17, 15) is 4.39 Å². The molecule has 0 aromatic heterocycles. The average Bonchev–Trinajstić information content (AvgIpc) is 2.87. The van der Waals surface area contributed by atoms with Crippen molar-refractivity contribution in [2.45, 2.75) is 58.3 Å². The Balaban J connectivity index is 1.46. The highest BCUT2D eigenvalue weighted by Crippen LogP contribution is 2.40. The molecule has 35 heavy (non-hydrogen) atoms. The molecule has 1 fully saturated rings. The largest absolute Gasteiger partial charge is 0.491 e. The summed E-state index contributed by atoms with van der Waals surface area (Å²) in [6, 6.07) is 15.6. The van der Waals surface area contributed by atoms with Crippen LogP contribution in [0.25, 0.3) is 23.3 Å². The van der Waals surface area contributed by atoms with E-state index in [0.717, 1.165) is 37.2 Å². The van der Waals surface area contributed by atoms with Crippen molar-refractivity contribution in [3.63, 3.8) is 0 Å². The van der Waals surface area contributed by atoms with E-state index in [4.69, 9.17) is 4.74 Å². The summed E-state index contributed by atoms with van der Waals surface area (Å²) in [6.07, 6.45) is 10.1. The summed E-state index contributed by atoms with van der Waals surface area (Å²) in [4.78, 5) is 0. The minimum absolute atomic E-state index is 0.103. The zero-order valence-electron chi connectivity index (χ0n) is 20.5. The van der Waals surface area contributed by atoms with Crippen LogP contribution >= 0.6 is 0 Å². The minimum atomic E-state index is -0.772. The highest BCUT2D eigenvalue weighted by molar-refractivity contribution is 5.72. The van der Waals surface area contributed by atoms with Gasteiger partial charge in [-0.1, -0.05) is 74.4 Å². The summed E-state index contributed by atoms with van der Waals surface area (Å²) < 4.78 is 49.4. The molecule has 184 valence electrons. The quantitative estimate of drug-likeness (QED) is 0.293. The fourth-order valence-corrected chi connectivity index (χ4v) is 5.13. The number of benzene rings is 3. The monoisotopic (exact) mass is 478 g/mol. The molecule has 3 aromatic carbocycles. The fraction of sp³-hybridized carbons (Fsp3) is 0.355. The highest BCUT2D eigenvalue weighted by atomic mass is 19.2. The molecular formula is C31H33F3O. The first-order chi connectivity index (χ1) is 17.0. The first kappa shape index (κ1) is 25.1. The number of rotatable bonds is 8. The molecule has 0 bridgehead atoms. The van der Waals surface area contributed by atoms with Crippen LogP contribution in [0.2, 0.25) is 0 Å². The van der Waals surface area contributed by atoms with Crippen molar-refractivity contribution in [2.75, 3.05) is 6.61 Å². The van der Waals surface area contributed by atoms with Crippen molar-refractivity contribution < 1.29 is 17.9 Å². The fourth-order valence-electron chi connectivity index (χ4n) is 5.13. The van der Waals surface area contributed by atoms with Crippen molar-refractivity contribution in [3.8, 4) is 16.9 Å². The molecule has 1 aliphatic carbocycles. The molecule has 0 heterocycles. The lowest BCUT2D eigenvalue weighted by atomic mass is 9.77. The number of ether oxygens (including phenoxy) is 1. The van der Waals surface area contributed by atoms with Gasteiger partial charge in [-0.25, -0.2) is 13.2 Å². The molecule has 1 nitrogen and oxygen atoms in total. The summed E-state index contributed by atoms with van der Waals surface area (Å²) >= 11 is 0. The topological polar surface area (TPSA) is 9.23 Å². The highest BCUT2D eigenvalue weighted by Gasteiger charge is 2.26. The van der Waals surface area contributed by atoms with E-state index in [2.05, 4.69) is 6.92 Å². The van der Waals surface area contributed by atoms with Crippen LogP contribution in [-0.2, 0) is 0 Å². The van der Waals surface area contributed by atoms with Crippen molar-refractivity contribution in [1.29, 1.82) is 0 Å². The SMILES string of the molecule is CCCC1CCC(c2ccc(-c3ccc(/C=C/c4ccc(OCC)c(F)c4)cc3)c(F)c2F)CC1. The molecule has 0 amide bonds. The van der Waals surface area contributed by atoms with Crippen molar-refractivity contribution in [3.05, 3.63) is 88.7 Å². The first-order valence-electron chi connectivity index (χ1n) is 12.7. The molecule has 4 heteroatoms. The Morgan fingerprint density at radius 3 is 2.14 bits per heavy atom. The van der Waals surface area contributed by atoms with Gasteiger partial charge in [-0.2, -0.15) is 0 Å². The number of hydrogen-bond acceptors (Lipinski definition) is 1. The maximum absolute atomic E-state index is 15.1. The molecule has 4 rings (SSSR count). The normalized spacial score (nSPS) is 18.2. The summed E-state index contributed by atoms with van der Waals surface area (Å²) in [5.74, 6) is -0.817. The predicted octanol–water partition coefficient (Wildman–Crippen LogP) is 9.41. The Hall–Kier alpha value is -3.01. The van der Waals surface area contributed by atoms with Crippen LogP contribution in [0.4, 0.5) is 13.2 Å². The predicted molar refractivity (Wildman–Crippen MR) is 138 cm³/mol. The summed E-state index contributed by atoms with van der Waals surface area (Å²) in [5.41, 5.74) is 3.01. The van der Waals surface area contributed by atoms with Crippen LogP contribution < -0.4 is 4.74 Å². The molecule has 0 radical (unpaired) electrons. The lowest BCUT2D eigenvalue weighted by Gasteiger charge is -2.29. The molecule has 1 aliphatic rings.